The predicted molar refractivity (Wildman–Crippen MR) is 66.1 cm³/mol. The van der Waals surface area contributed by atoms with Crippen molar-refractivity contribution in [3.63, 3.8) is 0 Å². The SMILES string of the molecule is N#CC1(NC(=O)C(Br)CBr)CCCCC1. The Labute approximate surface area is 107 Å². The summed E-state index contributed by atoms with van der Waals surface area (Å²) >= 11 is 6.48. The number of hydrogen-bond donors (Lipinski definition) is 1. The highest BCUT2D eigenvalue weighted by molar-refractivity contribution is 9.12. The lowest BCUT2D eigenvalue weighted by Crippen LogP contribution is -2.51. The van der Waals surface area contributed by atoms with Gasteiger partial charge in [-0.2, -0.15) is 5.26 Å². The fourth-order valence-electron chi connectivity index (χ4n) is 1.80. The second-order valence-electron chi connectivity index (χ2n) is 3.87. The van der Waals surface area contributed by atoms with Gasteiger partial charge in [-0.05, 0) is 12.8 Å². The molecule has 0 bridgehead atoms. The van der Waals surface area contributed by atoms with E-state index >= 15 is 0 Å². The first kappa shape index (κ1) is 13.0. The van der Waals surface area contributed by atoms with Crippen molar-refractivity contribution in [3.05, 3.63) is 0 Å². The zero-order chi connectivity index (χ0) is 11.3. The van der Waals surface area contributed by atoms with Gasteiger partial charge in [0.25, 0.3) is 0 Å². The molecule has 0 spiro atoms. The summed E-state index contributed by atoms with van der Waals surface area (Å²) in [5, 5.41) is 12.6. The van der Waals surface area contributed by atoms with Crippen LogP contribution in [0.25, 0.3) is 0 Å². The van der Waals surface area contributed by atoms with Crippen molar-refractivity contribution in [2.45, 2.75) is 42.5 Å². The van der Waals surface area contributed by atoms with E-state index in [1.54, 1.807) is 0 Å². The molecule has 1 fully saturated rings. The van der Waals surface area contributed by atoms with Gasteiger partial charge in [0, 0.05) is 5.33 Å². The number of nitrogens with zero attached hydrogens (tertiary/aromatic N) is 1. The number of nitriles is 1. The molecule has 0 aromatic rings. The van der Waals surface area contributed by atoms with Crippen molar-refractivity contribution in [1.82, 2.24) is 5.32 Å². The highest BCUT2D eigenvalue weighted by Crippen LogP contribution is 2.27. The second kappa shape index (κ2) is 5.86. The van der Waals surface area contributed by atoms with Crippen LogP contribution < -0.4 is 5.32 Å². The van der Waals surface area contributed by atoms with Gasteiger partial charge >= 0.3 is 0 Å². The minimum atomic E-state index is -0.622. The van der Waals surface area contributed by atoms with Gasteiger partial charge < -0.3 is 5.32 Å². The molecule has 0 aromatic heterocycles. The van der Waals surface area contributed by atoms with Crippen LogP contribution in [0, 0.1) is 11.3 Å². The topological polar surface area (TPSA) is 52.9 Å². The van der Waals surface area contributed by atoms with Crippen molar-refractivity contribution in [3.8, 4) is 6.07 Å². The number of amides is 1. The van der Waals surface area contributed by atoms with Crippen LogP contribution in [0.2, 0.25) is 0 Å². The van der Waals surface area contributed by atoms with Gasteiger partial charge in [0.1, 0.15) is 10.4 Å². The van der Waals surface area contributed by atoms with Crippen LogP contribution in [0.3, 0.4) is 0 Å². The molecule has 1 saturated carbocycles. The van der Waals surface area contributed by atoms with Crippen molar-refractivity contribution in [2.24, 2.45) is 0 Å². The van der Waals surface area contributed by atoms with Gasteiger partial charge in [0.2, 0.25) is 5.91 Å². The molecule has 1 aliphatic rings. The molecule has 15 heavy (non-hydrogen) atoms. The molecule has 1 rings (SSSR count). The summed E-state index contributed by atoms with van der Waals surface area (Å²) < 4.78 is 0. The van der Waals surface area contributed by atoms with E-state index in [1.807, 2.05) is 0 Å². The monoisotopic (exact) mass is 336 g/mol. The lowest BCUT2D eigenvalue weighted by Gasteiger charge is -2.32. The third kappa shape index (κ3) is 3.46. The van der Waals surface area contributed by atoms with Gasteiger partial charge in [0.05, 0.1) is 6.07 Å². The second-order valence-corrected chi connectivity index (χ2v) is 5.62. The summed E-state index contributed by atoms with van der Waals surface area (Å²) in [4.78, 5) is 11.4. The van der Waals surface area contributed by atoms with Crippen molar-refractivity contribution < 1.29 is 4.79 Å². The Morgan fingerprint density at radius 1 is 1.47 bits per heavy atom. The lowest BCUT2D eigenvalue weighted by atomic mass is 9.83. The molecule has 1 amide bonds. The quantitative estimate of drug-likeness (QED) is 0.804. The molecule has 0 radical (unpaired) electrons. The van der Waals surface area contributed by atoms with Crippen molar-refractivity contribution >= 4 is 37.8 Å². The molecule has 84 valence electrons. The number of alkyl halides is 2. The smallest absolute Gasteiger partial charge is 0.235 e. The summed E-state index contributed by atoms with van der Waals surface area (Å²) in [5.41, 5.74) is -0.622. The molecule has 0 aliphatic heterocycles. The van der Waals surface area contributed by atoms with Gasteiger partial charge in [-0.3, -0.25) is 4.79 Å². The van der Waals surface area contributed by atoms with Gasteiger partial charge in [0.15, 0.2) is 0 Å². The molecule has 0 saturated heterocycles. The van der Waals surface area contributed by atoms with Crippen LogP contribution in [0.5, 0.6) is 0 Å². The number of halogens is 2. The number of carbonyl (C=O) groups is 1. The third-order valence-electron chi connectivity index (χ3n) is 2.70. The largest absolute Gasteiger partial charge is 0.337 e. The van der Waals surface area contributed by atoms with Gasteiger partial charge in [-0.1, -0.05) is 51.1 Å². The highest BCUT2D eigenvalue weighted by atomic mass is 79.9. The Morgan fingerprint density at radius 2 is 2.07 bits per heavy atom. The van der Waals surface area contributed by atoms with Crippen LogP contribution in [0.1, 0.15) is 32.1 Å². The Hall–Kier alpha value is -0.0800. The van der Waals surface area contributed by atoms with Crippen LogP contribution >= 0.6 is 31.9 Å². The molecule has 1 atom stereocenters. The first-order valence-electron chi connectivity index (χ1n) is 5.07. The third-order valence-corrected chi connectivity index (χ3v) is 4.96. The molecule has 5 heteroatoms. The number of carbonyl (C=O) groups excluding carboxylic acids is 1. The zero-order valence-electron chi connectivity index (χ0n) is 8.43. The van der Waals surface area contributed by atoms with Crippen molar-refractivity contribution in [2.75, 3.05) is 5.33 Å². The average Bonchev–Trinajstić information content (AvgIpc) is 2.29. The van der Waals surface area contributed by atoms with E-state index in [-0.39, 0.29) is 10.7 Å². The Kier molecular flexibility index (Phi) is 5.07. The first-order valence-corrected chi connectivity index (χ1v) is 7.10. The maximum atomic E-state index is 11.7. The lowest BCUT2D eigenvalue weighted by molar-refractivity contribution is -0.121. The molecule has 1 aliphatic carbocycles. The Bertz CT molecular complexity index is 269. The number of rotatable bonds is 3. The van der Waals surface area contributed by atoms with Gasteiger partial charge in [-0.15, -0.1) is 0 Å². The standard InChI is InChI=1S/C10H14Br2N2O/c11-6-8(12)9(15)14-10(7-13)4-2-1-3-5-10/h8H,1-6H2,(H,14,15). The van der Waals surface area contributed by atoms with Gasteiger partial charge in [-0.25, -0.2) is 0 Å². The Morgan fingerprint density at radius 3 is 2.53 bits per heavy atom. The van der Waals surface area contributed by atoms with E-state index in [4.69, 9.17) is 5.26 Å². The fraction of sp³-hybridized carbons (Fsp3) is 0.800. The van der Waals surface area contributed by atoms with Crippen LogP contribution in [0.15, 0.2) is 0 Å². The molecular formula is C10H14Br2N2O. The first-order chi connectivity index (χ1) is 7.13. The van der Waals surface area contributed by atoms with E-state index < -0.39 is 5.54 Å². The normalized spacial score (nSPS) is 21.4. The minimum Gasteiger partial charge on any atom is -0.337 e. The molecular weight excluding hydrogens is 324 g/mol. The summed E-state index contributed by atoms with van der Waals surface area (Å²) in [6.45, 7) is 0. The van der Waals surface area contributed by atoms with E-state index in [0.29, 0.717) is 5.33 Å². The predicted octanol–water partition coefficient (Wildman–Crippen LogP) is 2.49. The maximum Gasteiger partial charge on any atom is 0.235 e. The average molecular weight is 338 g/mol. The molecule has 3 nitrogen and oxygen atoms in total. The number of hydrogen-bond acceptors (Lipinski definition) is 2. The molecule has 0 aromatic carbocycles. The summed E-state index contributed by atoms with van der Waals surface area (Å²) in [6, 6.07) is 2.26. The van der Waals surface area contributed by atoms with Crippen molar-refractivity contribution in [1.29, 1.82) is 5.26 Å². The van der Waals surface area contributed by atoms with E-state index in [9.17, 15) is 4.79 Å². The highest BCUT2D eigenvalue weighted by Gasteiger charge is 2.34. The van der Waals surface area contributed by atoms with E-state index in [2.05, 4.69) is 43.2 Å². The zero-order valence-corrected chi connectivity index (χ0v) is 11.6. The summed E-state index contributed by atoms with van der Waals surface area (Å²) in [5.74, 6) is -0.102. The van der Waals surface area contributed by atoms with Crippen LogP contribution in [-0.2, 0) is 4.79 Å². The maximum absolute atomic E-state index is 11.7. The van der Waals surface area contributed by atoms with Crippen LogP contribution in [0.4, 0.5) is 0 Å². The van der Waals surface area contributed by atoms with E-state index in [0.717, 1.165) is 32.1 Å². The van der Waals surface area contributed by atoms with Crippen LogP contribution in [-0.4, -0.2) is 21.6 Å². The molecule has 1 unspecified atom stereocenters. The number of nitrogens with one attached hydrogen (secondary N) is 1. The minimum absolute atomic E-state index is 0.102. The Balaban J connectivity index is 2.60. The fourth-order valence-corrected chi connectivity index (χ4v) is 2.21. The van der Waals surface area contributed by atoms with E-state index in [1.165, 1.54) is 0 Å². The molecule has 0 heterocycles. The summed E-state index contributed by atoms with van der Waals surface area (Å²) in [6.07, 6.45) is 4.76. The molecule has 1 N–H and O–H groups in total. The summed E-state index contributed by atoms with van der Waals surface area (Å²) in [7, 11) is 0.